The molecule has 3 rings (SSSR count). The predicted molar refractivity (Wildman–Crippen MR) is 167 cm³/mol. The molecule has 0 spiro atoms. The molecule has 9 heteroatoms. The highest BCUT2D eigenvalue weighted by atomic mass is 32.2. The zero-order valence-electron chi connectivity index (χ0n) is 25.3. The number of unbranched alkanes of at least 4 members (excludes halogenated alkanes) is 1. The van der Waals surface area contributed by atoms with Crippen LogP contribution in [0.4, 0.5) is 5.69 Å². The van der Waals surface area contributed by atoms with Crippen molar-refractivity contribution in [2.24, 2.45) is 0 Å². The normalized spacial score (nSPS) is 11.9. The fourth-order valence-electron chi connectivity index (χ4n) is 4.75. The topological polar surface area (TPSA) is 96.0 Å². The van der Waals surface area contributed by atoms with Crippen molar-refractivity contribution in [1.29, 1.82) is 0 Å². The first kappa shape index (κ1) is 32.7. The molecule has 0 saturated carbocycles. The SMILES string of the molecule is CCCCNC(=O)[C@H](CC)N(CCc1ccccc1)C(=O)CN(c1cc(C)ccc1OC)S(=O)(=O)c1ccc(C)cc1. The maximum atomic E-state index is 14.2. The highest BCUT2D eigenvalue weighted by Crippen LogP contribution is 2.33. The number of nitrogens with zero attached hydrogens (tertiary/aromatic N) is 2. The molecule has 0 radical (unpaired) electrons. The van der Waals surface area contributed by atoms with Crippen LogP contribution in [0.2, 0.25) is 0 Å². The molecule has 3 aromatic carbocycles. The van der Waals surface area contributed by atoms with Gasteiger partial charge in [-0.05, 0) is 68.5 Å². The van der Waals surface area contributed by atoms with E-state index >= 15 is 0 Å². The zero-order chi connectivity index (χ0) is 30.7. The van der Waals surface area contributed by atoms with Gasteiger partial charge in [-0.25, -0.2) is 8.42 Å². The van der Waals surface area contributed by atoms with Crippen LogP contribution in [-0.2, 0) is 26.0 Å². The highest BCUT2D eigenvalue weighted by molar-refractivity contribution is 7.92. The number of nitrogens with one attached hydrogen (secondary N) is 1. The molecule has 8 nitrogen and oxygen atoms in total. The second kappa shape index (κ2) is 15.4. The molecular weight excluding hydrogens is 550 g/mol. The lowest BCUT2D eigenvalue weighted by atomic mass is 10.1. The molecule has 1 N–H and O–H groups in total. The number of sulfonamides is 1. The number of aryl methyl sites for hydroxylation is 2. The number of carbonyl (C=O) groups excluding carboxylic acids is 2. The molecule has 0 heterocycles. The number of methoxy groups -OCH3 is 1. The average Bonchev–Trinajstić information content (AvgIpc) is 2.98. The lowest BCUT2D eigenvalue weighted by Gasteiger charge is -2.33. The van der Waals surface area contributed by atoms with Crippen LogP contribution in [0.1, 0.15) is 49.8 Å². The Kier molecular flexibility index (Phi) is 12.0. The van der Waals surface area contributed by atoms with Gasteiger partial charge in [-0.3, -0.25) is 13.9 Å². The molecule has 0 aromatic heterocycles. The summed E-state index contributed by atoms with van der Waals surface area (Å²) in [5.41, 5.74) is 3.00. The molecule has 226 valence electrons. The molecule has 0 saturated heterocycles. The Morgan fingerprint density at radius 3 is 2.21 bits per heavy atom. The summed E-state index contributed by atoms with van der Waals surface area (Å²) in [6, 6.07) is 20.7. The Balaban J connectivity index is 2.05. The molecule has 0 aliphatic carbocycles. The molecule has 2 amide bonds. The number of carbonyl (C=O) groups is 2. The second-order valence-electron chi connectivity index (χ2n) is 10.4. The minimum Gasteiger partial charge on any atom is -0.495 e. The Labute approximate surface area is 250 Å². The minimum atomic E-state index is -4.18. The first-order chi connectivity index (χ1) is 20.1. The van der Waals surface area contributed by atoms with Crippen molar-refractivity contribution in [2.75, 3.05) is 31.0 Å². The molecule has 0 unspecified atom stereocenters. The summed E-state index contributed by atoms with van der Waals surface area (Å²) >= 11 is 0. The van der Waals surface area contributed by atoms with E-state index in [1.54, 1.807) is 24.3 Å². The third-order valence-electron chi connectivity index (χ3n) is 7.19. The van der Waals surface area contributed by atoms with Gasteiger partial charge in [0.1, 0.15) is 18.3 Å². The Morgan fingerprint density at radius 2 is 1.60 bits per heavy atom. The van der Waals surface area contributed by atoms with E-state index in [0.717, 1.165) is 33.8 Å². The first-order valence-corrected chi connectivity index (χ1v) is 15.9. The number of amides is 2. The average molecular weight is 594 g/mol. The maximum absolute atomic E-state index is 14.2. The largest absolute Gasteiger partial charge is 0.495 e. The highest BCUT2D eigenvalue weighted by Gasteiger charge is 2.34. The van der Waals surface area contributed by atoms with Crippen LogP contribution < -0.4 is 14.4 Å². The summed E-state index contributed by atoms with van der Waals surface area (Å²) in [6.45, 7) is 7.90. The number of benzene rings is 3. The molecule has 3 aromatic rings. The first-order valence-electron chi connectivity index (χ1n) is 14.5. The van der Waals surface area contributed by atoms with Gasteiger partial charge in [0.05, 0.1) is 17.7 Å². The summed E-state index contributed by atoms with van der Waals surface area (Å²) in [5, 5.41) is 2.96. The van der Waals surface area contributed by atoms with Crippen LogP contribution in [0.3, 0.4) is 0 Å². The molecule has 0 bridgehead atoms. The van der Waals surface area contributed by atoms with E-state index in [1.165, 1.54) is 24.1 Å². The summed E-state index contributed by atoms with van der Waals surface area (Å²) < 4.78 is 34.9. The third-order valence-corrected chi connectivity index (χ3v) is 8.96. The fourth-order valence-corrected chi connectivity index (χ4v) is 6.16. The Morgan fingerprint density at radius 1 is 0.929 bits per heavy atom. The quantitative estimate of drug-likeness (QED) is 0.242. The van der Waals surface area contributed by atoms with Crippen molar-refractivity contribution < 1.29 is 22.7 Å². The standard InChI is InChI=1S/C33H43N3O5S/c1-6-8-21-34-33(38)29(7-2)35(22-20-27-12-10-9-11-13-27)32(37)24-36(30-23-26(4)16-19-31(30)41-5)42(39,40)28-17-14-25(3)15-18-28/h9-19,23,29H,6-8,20-22,24H2,1-5H3,(H,34,38)/t29-/m0/s1. The van der Waals surface area contributed by atoms with Gasteiger partial charge in [0.15, 0.2) is 0 Å². The monoisotopic (exact) mass is 593 g/mol. The smallest absolute Gasteiger partial charge is 0.264 e. The lowest BCUT2D eigenvalue weighted by molar-refractivity contribution is -0.139. The van der Waals surface area contributed by atoms with Crippen LogP contribution in [0.25, 0.3) is 0 Å². The van der Waals surface area contributed by atoms with Crippen molar-refractivity contribution >= 4 is 27.5 Å². The van der Waals surface area contributed by atoms with Crippen molar-refractivity contribution in [3.63, 3.8) is 0 Å². The Bertz CT molecular complexity index is 1430. The number of hydrogen-bond donors (Lipinski definition) is 1. The summed E-state index contributed by atoms with van der Waals surface area (Å²) in [5.74, 6) is -0.389. The van der Waals surface area contributed by atoms with Crippen LogP contribution in [0.5, 0.6) is 5.75 Å². The second-order valence-corrected chi connectivity index (χ2v) is 12.3. The van der Waals surface area contributed by atoms with E-state index < -0.39 is 28.5 Å². The van der Waals surface area contributed by atoms with Crippen LogP contribution in [0, 0.1) is 13.8 Å². The maximum Gasteiger partial charge on any atom is 0.264 e. The van der Waals surface area contributed by atoms with E-state index in [9.17, 15) is 18.0 Å². The van der Waals surface area contributed by atoms with Crippen molar-refractivity contribution in [3.05, 3.63) is 89.5 Å². The van der Waals surface area contributed by atoms with Crippen LogP contribution in [0.15, 0.2) is 77.7 Å². The summed E-state index contributed by atoms with van der Waals surface area (Å²) in [7, 11) is -2.72. The van der Waals surface area contributed by atoms with Gasteiger partial charge < -0.3 is 15.0 Å². The molecule has 0 aliphatic rings. The van der Waals surface area contributed by atoms with Crippen molar-refractivity contribution in [2.45, 2.75) is 64.3 Å². The summed E-state index contributed by atoms with van der Waals surface area (Å²) in [4.78, 5) is 29.1. The van der Waals surface area contributed by atoms with E-state index in [2.05, 4.69) is 5.32 Å². The van der Waals surface area contributed by atoms with Gasteiger partial charge >= 0.3 is 0 Å². The number of rotatable bonds is 15. The lowest BCUT2D eigenvalue weighted by Crippen LogP contribution is -2.53. The molecule has 0 fully saturated rings. The number of anilines is 1. The molecule has 42 heavy (non-hydrogen) atoms. The zero-order valence-corrected chi connectivity index (χ0v) is 26.1. The molecular formula is C33H43N3O5S. The Hall–Kier alpha value is -3.85. The van der Waals surface area contributed by atoms with Gasteiger partial charge in [-0.15, -0.1) is 0 Å². The van der Waals surface area contributed by atoms with E-state index in [0.29, 0.717) is 25.1 Å². The number of ether oxygens (including phenoxy) is 1. The summed E-state index contributed by atoms with van der Waals surface area (Å²) in [6.07, 6.45) is 2.66. The van der Waals surface area contributed by atoms with E-state index in [4.69, 9.17) is 4.74 Å². The van der Waals surface area contributed by atoms with Crippen molar-refractivity contribution in [1.82, 2.24) is 10.2 Å². The van der Waals surface area contributed by atoms with Crippen molar-refractivity contribution in [3.8, 4) is 5.75 Å². The molecule has 1 atom stereocenters. The minimum absolute atomic E-state index is 0.0599. The van der Waals surface area contributed by atoms with Crippen LogP contribution >= 0.6 is 0 Å². The third kappa shape index (κ3) is 8.35. The molecule has 0 aliphatic heterocycles. The van der Waals surface area contributed by atoms with Gasteiger partial charge in [0.25, 0.3) is 10.0 Å². The van der Waals surface area contributed by atoms with E-state index in [-0.39, 0.29) is 23.0 Å². The number of hydrogen-bond acceptors (Lipinski definition) is 5. The van der Waals surface area contributed by atoms with E-state index in [1.807, 2.05) is 64.1 Å². The van der Waals surface area contributed by atoms with Crippen LogP contribution in [-0.4, -0.2) is 57.9 Å². The predicted octanol–water partition coefficient (Wildman–Crippen LogP) is 5.27. The van der Waals surface area contributed by atoms with Gasteiger partial charge in [-0.2, -0.15) is 0 Å². The fraction of sp³-hybridized carbons (Fsp3) is 0.394. The van der Waals surface area contributed by atoms with Gasteiger partial charge in [0.2, 0.25) is 11.8 Å². The van der Waals surface area contributed by atoms with Gasteiger partial charge in [0, 0.05) is 13.1 Å². The van der Waals surface area contributed by atoms with Gasteiger partial charge in [-0.1, -0.05) is 74.4 Å².